The molecule has 0 fully saturated rings. The summed E-state index contributed by atoms with van der Waals surface area (Å²) in [6.45, 7) is 14.1. The van der Waals surface area contributed by atoms with Crippen LogP contribution in [0.5, 0.6) is 0 Å². The summed E-state index contributed by atoms with van der Waals surface area (Å²) >= 11 is 0. The largest absolute Gasteiger partial charge is 0.311 e. The van der Waals surface area contributed by atoms with Crippen LogP contribution in [0.2, 0.25) is 0 Å². The summed E-state index contributed by atoms with van der Waals surface area (Å²) in [6.07, 6.45) is 0. The van der Waals surface area contributed by atoms with Crippen LogP contribution in [-0.2, 0) is 10.8 Å². The molecular formula is C64H52BN3Si. The van der Waals surface area contributed by atoms with Crippen molar-refractivity contribution in [2.24, 2.45) is 0 Å². The molecule has 69 heavy (non-hydrogen) atoms. The van der Waals surface area contributed by atoms with Crippen LogP contribution in [0, 0.1) is 6.92 Å². The molecule has 5 aliphatic rings. The molecule has 0 saturated carbocycles. The molecule has 14 rings (SSSR count). The Morgan fingerprint density at radius 3 is 1.62 bits per heavy atom. The van der Waals surface area contributed by atoms with Gasteiger partial charge in [0.1, 0.15) is 0 Å². The Balaban J connectivity index is 1.12. The van der Waals surface area contributed by atoms with Gasteiger partial charge < -0.3 is 14.7 Å². The second-order valence-electron chi connectivity index (χ2n) is 21.4. The van der Waals surface area contributed by atoms with E-state index in [0.29, 0.717) is 0 Å². The van der Waals surface area contributed by atoms with Gasteiger partial charge >= 0.3 is 0 Å². The Kier molecular flexibility index (Phi) is 8.34. The maximum Gasteiger partial charge on any atom is 0.248 e. The zero-order valence-electron chi connectivity index (χ0n) is 40.0. The van der Waals surface area contributed by atoms with Gasteiger partial charge in [-0.25, -0.2) is 0 Å². The first-order valence-electron chi connectivity index (χ1n) is 24.6. The number of hydrogen-bond acceptors (Lipinski definition) is 3. The smallest absolute Gasteiger partial charge is 0.248 e. The van der Waals surface area contributed by atoms with Gasteiger partial charge in [0.2, 0.25) is 6.71 Å². The molecule has 4 heterocycles. The fraction of sp³-hybridized carbons (Fsp3) is 0.125. The zero-order valence-corrected chi connectivity index (χ0v) is 41.0. The number of anilines is 8. The molecule has 0 aromatic heterocycles. The summed E-state index contributed by atoms with van der Waals surface area (Å²) in [4.78, 5) is 7.76. The van der Waals surface area contributed by atoms with Crippen molar-refractivity contribution in [1.82, 2.24) is 0 Å². The van der Waals surface area contributed by atoms with Crippen molar-refractivity contribution in [1.29, 1.82) is 0 Å². The Morgan fingerprint density at radius 1 is 0.449 bits per heavy atom. The van der Waals surface area contributed by atoms with Crippen LogP contribution >= 0.6 is 0 Å². The average Bonchev–Trinajstić information content (AvgIpc) is 3.80. The van der Waals surface area contributed by atoms with Crippen molar-refractivity contribution in [2.75, 3.05) is 14.7 Å². The summed E-state index contributed by atoms with van der Waals surface area (Å²) in [5, 5.41) is 5.67. The minimum absolute atomic E-state index is 0.0153. The highest BCUT2D eigenvalue weighted by atomic mass is 28.3. The number of rotatable bonds is 2. The van der Waals surface area contributed by atoms with E-state index in [-0.39, 0.29) is 17.5 Å². The van der Waals surface area contributed by atoms with Crippen LogP contribution in [0.4, 0.5) is 45.5 Å². The van der Waals surface area contributed by atoms with Crippen LogP contribution in [0.1, 0.15) is 56.9 Å². The average molecular weight is 902 g/mol. The van der Waals surface area contributed by atoms with Gasteiger partial charge in [-0.2, -0.15) is 0 Å². The highest BCUT2D eigenvalue weighted by Gasteiger charge is 2.54. The SMILES string of the molecule is Cc1cc2c3c(c1)N1c4cccc(c4)[Si]4(c5cccc(c5)N(c5ccc(C(C)(C)C)cc5)c5ccc(c1c5)B3C1=C(c3ccccc3C1(C)C)N2c1ccccc1)c1ccccc1-c1ccccc14. The molecule has 330 valence electrons. The molecule has 0 atom stereocenters. The molecule has 4 aliphatic heterocycles. The topological polar surface area (TPSA) is 9.72 Å². The number of fused-ring (bicyclic) bond motifs is 18. The molecule has 0 unspecified atom stereocenters. The van der Waals surface area contributed by atoms with Gasteiger partial charge in [0, 0.05) is 62.2 Å². The molecule has 0 radical (unpaired) electrons. The van der Waals surface area contributed by atoms with Gasteiger partial charge in [-0.05, 0) is 145 Å². The Labute approximate surface area is 407 Å². The lowest BCUT2D eigenvalue weighted by atomic mass is 9.30. The lowest BCUT2D eigenvalue weighted by Gasteiger charge is -2.46. The highest BCUT2D eigenvalue weighted by Crippen LogP contribution is 2.56. The van der Waals surface area contributed by atoms with Crippen molar-refractivity contribution in [3.63, 3.8) is 0 Å². The third-order valence-corrected chi connectivity index (χ3v) is 21.0. The number of aryl methyl sites for hydroxylation is 1. The highest BCUT2D eigenvalue weighted by molar-refractivity contribution is 7.22. The number of allylic oxidation sites excluding steroid dienone is 1. The first-order valence-corrected chi connectivity index (χ1v) is 26.6. The second kappa shape index (κ2) is 14.2. The standard InChI is InChI=1S/C64H52BN3Si/c1-41-36-56-60-57(37-41)68(43-18-8-7-9-19-43)61-52-26-10-13-27-53(52)64(5,6)62(61)65(60)54-35-34-47-40-55(54)67(56)46-21-17-23-49(39-46)69(58-28-14-11-24-50(58)51-25-12-15-29-59(51)69)48-22-16-20-45(38-48)66(47)44-32-30-42(31-33-44)63(2,3)4/h7-40H,1-6H3. The van der Waals surface area contributed by atoms with Gasteiger partial charge in [0.05, 0.1) is 0 Å². The number of benzene rings is 9. The van der Waals surface area contributed by atoms with Gasteiger partial charge in [0.15, 0.2) is 8.07 Å². The third kappa shape index (κ3) is 5.45. The molecule has 0 N–H and O–H groups in total. The number of para-hydroxylation sites is 1. The van der Waals surface area contributed by atoms with E-state index in [1.54, 1.807) is 0 Å². The Bertz CT molecular complexity index is 3630. The van der Waals surface area contributed by atoms with E-state index in [9.17, 15) is 0 Å². The molecule has 1 spiro atoms. The van der Waals surface area contributed by atoms with Crippen molar-refractivity contribution in [3.05, 3.63) is 234 Å². The molecule has 1 aliphatic carbocycles. The minimum Gasteiger partial charge on any atom is -0.311 e. The van der Waals surface area contributed by atoms with E-state index >= 15 is 0 Å². The molecule has 0 amide bonds. The fourth-order valence-corrected chi connectivity index (χ4v) is 18.5. The summed E-state index contributed by atoms with van der Waals surface area (Å²) in [5.74, 6) is 0. The second-order valence-corrected chi connectivity index (χ2v) is 25.1. The maximum atomic E-state index is 2.64. The molecule has 3 nitrogen and oxygen atoms in total. The van der Waals surface area contributed by atoms with E-state index in [2.05, 4.69) is 262 Å². The van der Waals surface area contributed by atoms with Crippen molar-refractivity contribution < 1.29 is 0 Å². The van der Waals surface area contributed by atoms with Crippen molar-refractivity contribution >= 4 is 97.7 Å². The molecule has 5 heteroatoms. The summed E-state index contributed by atoms with van der Waals surface area (Å²) in [6, 6.07) is 79.8. The zero-order chi connectivity index (χ0) is 46.6. The van der Waals surface area contributed by atoms with Gasteiger partial charge in [-0.1, -0.05) is 174 Å². The first kappa shape index (κ1) is 40.5. The van der Waals surface area contributed by atoms with Crippen LogP contribution in [0.3, 0.4) is 0 Å². The Morgan fingerprint density at radius 2 is 0.971 bits per heavy atom. The van der Waals surface area contributed by atoms with Crippen LogP contribution in [0.15, 0.2) is 212 Å². The fourth-order valence-electron chi connectivity index (χ4n) is 13.3. The first-order chi connectivity index (χ1) is 33.5. The number of nitrogens with zero attached hydrogens (tertiary/aromatic N) is 3. The van der Waals surface area contributed by atoms with Crippen LogP contribution in [-0.4, -0.2) is 14.8 Å². The predicted molar refractivity (Wildman–Crippen MR) is 295 cm³/mol. The van der Waals surface area contributed by atoms with Crippen LogP contribution < -0.4 is 46.4 Å². The van der Waals surface area contributed by atoms with Crippen molar-refractivity contribution in [3.8, 4) is 11.1 Å². The van der Waals surface area contributed by atoms with E-state index in [1.165, 1.54) is 105 Å². The van der Waals surface area contributed by atoms with Crippen molar-refractivity contribution in [2.45, 2.75) is 52.4 Å². The van der Waals surface area contributed by atoms with E-state index in [4.69, 9.17) is 0 Å². The van der Waals surface area contributed by atoms with E-state index in [1.807, 2.05) is 0 Å². The number of hydrogen-bond donors (Lipinski definition) is 0. The maximum absolute atomic E-state index is 2.93. The minimum atomic E-state index is -2.93. The van der Waals surface area contributed by atoms with E-state index < -0.39 is 8.07 Å². The Hall–Kier alpha value is -7.60. The lowest BCUT2D eigenvalue weighted by molar-refractivity contribution is 0.590. The molecular weight excluding hydrogens is 850 g/mol. The van der Waals surface area contributed by atoms with Gasteiger partial charge in [-0.3, -0.25) is 0 Å². The molecule has 9 aromatic rings. The lowest BCUT2D eigenvalue weighted by Crippen LogP contribution is -2.72. The molecule has 9 aromatic carbocycles. The third-order valence-electron chi connectivity index (χ3n) is 16.2. The van der Waals surface area contributed by atoms with E-state index in [0.717, 1.165) is 17.1 Å². The summed E-state index contributed by atoms with van der Waals surface area (Å²) < 4.78 is 0. The molecule has 6 bridgehead atoms. The van der Waals surface area contributed by atoms with Gasteiger partial charge in [0.25, 0.3) is 0 Å². The predicted octanol–water partition coefficient (Wildman–Crippen LogP) is 12.2. The van der Waals surface area contributed by atoms with Gasteiger partial charge in [-0.15, -0.1) is 0 Å². The summed E-state index contributed by atoms with van der Waals surface area (Å²) in [5.41, 5.74) is 22.8. The summed E-state index contributed by atoms with van der Waals surface area (Å²) in [7, 11) is -2.93. The van der Waals surface area contributed by atoms with Crippen LogP contribution in [0.25, 0.3) is 16.8 Å². The normalized spacial score (nSPS) is 16.0. The quantitative estimate of drug-likeness (QED) is 0.160. The monoisotopic (exact) mass is 901 g/mol. The molecule has 0 saturated heterocycles.